The van der Waals surface area contributed by atoms with Crippen LogP contribution in [0.1, 0.15) is 53.8 Å². The Labute approximate surface area is 212 Å². The highest BCUT2D eigenvalue weighted by Gasteiger charge is 2.27. The van der Waals surface area contributed by atoms with Crippen LogP contribution in [-0.2, 0) is 4.74 Å². The maximum atomic E-state index is 13.7. The zero-order valence-corrected chi connectivity index (χ0v) is 21.7. The van der Waals surface area contributed by atoms with E-state index in [1.807, 2.05) is 42.8 Å². The van der Waals surface area contributed by atoms with Crippen molar-refractivity contribution in [2.45, 2.75) is 39.2 Å². The molecule has 2 aliphatic heterocycles. The van der Waals surface area contributed by atoms with Crippen LogP contribution in [0, 0.1) is 6.92 Å². The summed E-state index contributed by atoms with van der Waals surface area (Å²) in [6.45, 7) is 8.19. The molecule has 9 nitrogen and oxygen atoms in total. The lowest BCUT2D eigenvalue weighted by Gasteiger charge is -2.27. The standard InChI is InChI=1S/C27H36N6O3/c1-5-22-21-17-25-28-24(32-10-6-7-11-32)18-26(33(25)29-21)30(3)12-13-35-14-15-36-23-9-8-19(2)16-20(23)27(34)31(22)4/h8-9,16-18,22H,5-7,10-15H2,1-4H3. The van der Waals surface area contributed by atoms with E-state index >= 15 is 0 Å². The number of aryl methyl sites for hydroxylation is 1. The molecule has 0 N–H and O–H groups in total. The number of hydrogen-bond acceptors (Lipinski definition) is 7. The molecule has 1 aromatic carbocycles. The fourth-order valence-electron chi connectivity index (χ4n) is 5.08. The topological polar surface area (TPSA) is 75.4 Å². The van der Waals surface area contributed by atoms with Gasteiger partial charge in [-0.2, -0.15) is 9.61 Å². The van der Waals surface area contributed by atoms with Gasteiger partial charge in [0.2, 0.25) is 0 Å². The molecule has 192 valence electrons. The number of carbonyl (C=O) groups is 1. The Morgan fingerprint density at radius 2 is 1.83 bits per heavy atom. The lowest BCUT2D eigenvalue weighted by molar-refractivity contribution is 0.0711. The van der Waals surface area contributed by atoms with Gasteiger partial charge < -0.3 is 24.2 Å². The molecule has 1 atom stereocenters. The van der Waals surface area contributed by atoms with E-state index < -0.39 is 0 Å². The number of carbonyl (C=O) groups excluding carboxylic acids is 1. The van der Waals surface area contributed by atoms with E-state index in [4.69, 9.17) is 19.6 Å². The van der Waals surface area contributed by atoms with E-state index in [1.165, 1.54) is 12.8 Å². The van der Waals surface area contributed by atoms with Crippen LogP contribution in [0.4, 0.5) is 11.6 Å². The lowest BCUT2D eigenvalue weighted by atomic mass is 10.1. The predicted octanol–water partition coefficient (Wildman–Crippen LogP) is 3.71. The second-order valence-electron chi connectivity index (χ2n) is 9.73. The number of anilines is 2. The molecular formula is C27H36N6O3. The second-order valence-corrected chi connectivity index (χ2v) is 9.73. The summed E-state index contributed by atoms with van der Waals surface area (Å²) in [5, 5.41) is 4.98. The molecule has 2 bridgehead atoms. The average Bonchev–Trinajstić information content (AvgIpc) is 3.55. The van der Waals surface area contributed by atoms with Crippen LogP contribution in [0.15, 0.2) is 30.3 Å². The third kappa shape index (κ3) is 4.72. The predicted molar refractivity (Wildman–Crippen MR) is 140 cm³/mol. The molecule has 1 unspecified atom stereocenters. The number of fused-ring (bicyclic) bond motifs is 2. The number of benzene rings is 1. The van der Waals surface area contributed by atoms with Crippen molar-refractivity contribution in [3.8, 4) is 5.75 Å². The summed E-state index contributed by atoms with van der Waals surface area (Å²) < 4.78 is 13.8. The summed E-state index contributed by atoms with van der Waals surface area (Å²) in [5.41, 5.74) is 3.19. The van der Waals surface area contributed by atoms with Crippen LogP contribution in [0.25, 0.3) is 5.65 Å². The molecule has 5 rings (SSSR count). The maximum Gasteiger partial charge on any atom is 0.257 e. The van der Waals surface area contributed by atoms with E-state index in [0.29, 0.717) is 37.7 Å². The first-order valence-electron chi connectivity index (χ1n) is 12.9. The number of hydrogen-bond donors (Lipinski definition) is 0. The Morgan fingerprint density at radius 3 is 2.61 bits per heavy atom. The fourth-order valence-corrected chi connectivity index (χ4v) is 5.08. The van der Waals surface area contributed by atoms with Gasteiger partial charge in [-0.05, 0) is 38.3 Å². The van der Waals surface area contributed by atoms with E-state index in [-0.39, 0.29) is 11.9 Å². The third-order valence-electron chi connectivity index (χ3n) is 7.17. The van der Waals surface area contributed by atoms with Gasteiger partial charge in [-0.1, -0.05) is 18.6 Å². The first-order valence-corrected chi connectivity index (χ1v) is 12.9. The molecule has 9 heteroatoms. The van der Waals surface area contributed by atoms with Crippen molar-refractivity contribution in [1.29, 1.82) is 0 Å². The SMILES string of the molecule is CCC1c2cc3nc(N4CCCC4)cc(n3n2)N(C)CCOCCOc2ccc(C)cc2C(=O)N1C. The van der Waals surface area contributed by atoms with Crippen LogP contribution in [0.2, 0.25) is 0 Å². The van der Waals surface area contributed by atoms with Gasteiger partial charge in [0.1, 0.15) is 24.0 Å². The Balaban J connectivity index is 1.60. The molecule has 1 fully saturated rings. The summed E-state index contributed by atoms with van der Waals surface area (Å²) >= 11 is 0. The molecular weight excluding hydrogens is 456 g/mol. The van der Waals surface area contributed by atoms with Gasteiger partial charge in [-0.15, -0.1) is 0 Å². The Kier molecular flexibility index (Phi) is 7.00. The van der Waals surface area contributed by atoms with Crippen LogP contribution in [0.5, 0.6) is 5.75 Å². The van der Waals surface area contributed by atoms with Crippen molar-refractivity contribution in [3.63, 3.8) is 0 Å². The summed E-state index contributed by atoms with van der Waals surface area (Å²) in [7, 11) is 3.90. The number of ether oxygens (including phenoxy) is 2. The van der Waals surface area contributed by atoms with Gasteiger partial charge in [-0.3, -0.25) is 4.79 Å². The first-order chi connectivity index (χ1) is 17.5. The van der Waals surface area contributed by atoms with Crippen molar-refractivity contribution >= 4 is 23.2 Å². The molecule has 3 aromatic rings. The normalized spacial score (nSPS) is 19.7. The van der Waals surface area contributed by atoms with E-state index in [1.54, 1.807) is 4.90 Å². The van der Waals surface area contributed by atoms with Gasteiger partial charge in [0, 0.05) is 45.9 Å². The highest BCUT2D eigenvalue weighted by atomic mass is 16.5. The van der Waals surface area contributed by atoms with Crippen LogP contribution >= 0.6 is 0 Å². The maximum absolute atomic E-state index is 13.7. The van der Waals surface area contributed by atoms with Crippen molar-refractivity contribution < 1.29 is 14.3 Å². The summed E-state index contributed by atoms with van der Waals surface area (Å²) in [5.74, 6) is 2.43. The second kappa shape index (κ2) is 10.3. The summed E-state index contributed by atoms with van der Waals surface area (Å²) in [4.78, 5) is 25.0. The first kappa shape index (κ1) is 24.4. The van der Waals surface area contributed by atoms with Gasteiger partial charge in [-0.25, -0.2) is 4.98 Å². The molecule has 0 spiro atoms. The summed E-state index contributed by atoms with van der Waals surface area (Å²) in [6.07, 6.45) is 3.10. The van der Waals surface area contributed by atoms with E-state index in [9.17, 15) is 4.79 Å². The summed E-state index contributed by atoms with van der Waals surface area (Å²) in [6, 6.07) is 9.68. The van der Waals surface area contributed by atoms with Crippen LogP contribution < -0.4 is 14.5 Å². The lowest BCUT2D eigenvalue weighted by Crippen LogP contribution is -2.32. The highest BCUT2D eigenvalue weighted by Crippen LogP contribution is 2.31. The number of likely N-dealkylation sites (N-methyl/N-ethyl adjacent to an activating group) is 1. The zero-order valence-electron chi connectivity index (χ0n) is 21.7. The van der Waals surface area contributed by atoms with Gasteiger partial charge in [0.25, 0.3) is 5.91 Å². The molecule has 1 amide bonds. The van der Waals surface area contributed by atoms with Crippen molar-refractivity contribution in [1.82, 2.24) is 19.5 Å². The number of rotatable bonds is 2. The van der Waals surface area contributed by atoms with Gasteiger partial charge in [0.15, 0.2) is 5.65 Å². The molecule has 2 aliphatic rings. The van der Waals surface area contributed by atoms with Crippen molar-refractivity contribution in [3.05, 3.63) is 47.2 Å². The number of nitrogens with zero attached hydrogens (tertiary/aromatic N) is 6. The fraction of sp³-hybridized carbons (Fsp3) is 0.519. The van der Waals surface area contributed by atoms with Gasteiger partial charge >= 0.3 is 0 Å². The number of aromatic nitrogens is 3. The molecule has 1 saturated heterocycles. The minimum Gasteiger partial charge on any atom is -0.490 e. The highest BCUT2D eigenvalue weighted by molar-refractivity contribution is 5.97. The molecule has 2 aromatic heterocycles. The zero-order chi connectivity index (χ0) is 25.2. The van der Waals surface area contributed by atoms with E-state index in [0.717, 1.165) is 48.1 Å². The third-order valence-corrected chi connectivity index (χ3v) is 7.17. The van der Waals surface area contributed by atoms with Gasteiger partial charge in [0.05, 0.1) is 30.5 Å². The Bertz CT molecular complexity index is 1240. The molecule has 4 heterocycles. The van der Waals surface area contributed by atoms with Crippen molar-refractivity contribution in [2.24, 2.45) is 0 Å². The Morgan fingerprint density at radius 1 is 1.03 bits per heavy atom. The van der Waals surface area contributed by atoms with Crippen LogP contribution in [0.3, 0.4) is 0 Å². The quantitative estimate of drug-likeness (QED) is 0.540. The molecule has 0 aliphatic carbocycles. The van der Waals surface area contributed by atoms with Crippen molar-refractivity contribution in [2.75, 3.05) is 63.4 Å². The average molecular weight is 493 g/mol. The largest absolute Gasteiger partial charge is 0.490 e. The molecule has 36 heavy (non-hydrogen) atoms. The molecule has 0 radical (unpaired) electrons. The molecule has 0 saturated carbocycles. The monoisotopic (exact) mass is 492 g/mol. The minimum absolute atomic E-state index is 0.0892. The minimum atomic E-state index is -0.197. The van der Waals surface area contributed by atoms with E-state index in [2.05, 4.69) is 29.8 Å². The van der Waals surface area contributed by atoms with Crippen LogP contribution in [-0.4, -0.2) is 79.0 Å². The Hall–Kier alpha value is -3.33. The smallest absolute Gasteiger partial charge is 0.257 e. The number of amides is 1.